The normalized spacial score (nSPS) is 15.3. The van der Waals surface area contributed by atoms with Crippen molar-refractivity contribution in [3.63, 3.8) is 0 Å². The molecule has 1 nitrogen and oxygen atoms in total. The predicted octanol–water partition coefficient (Wildman–Crippen LogP) is 2.44. The van der Waals surface area contributed by atoms with Crippen LogP contribution >= 0.6 is 0 Å². The van der Waals surface area contributed by atoms with Gasteiger partial charge in [-0.3, -0.25) is 0 Å². The second-order valence-electron chi connectivity index (χ2n) is 7.00. The topological polar surface area (TPSA) is 3.01 Å². The summed E-state index contributed by atoms with van der Waals surface area (Å²) in [7, 11) is 0. The minimum absolute atomic E-state index is 0. The second kappa shape index (κ2) is 6.18. The van der Waals surface area contributed by atoms with Gasteiger partial charge in [-0.05, 0) is 30.7 Å². The van der Waals surface area contributed by atoms with E-state index in [-0.39, 0.29) is 22.4 Å². The van der Waals surface area contributed by atoms with Gasteiger partial charge in [-0.25, -0.2) is 0 Å². The van der Waals surface area contributed by atoms with Crippen molar-refractivity contribution < 1.29 is 21.6 Å². The van der Waals surface area contributed by atoms with Gasteiger partial charge in [0.25, 0.3) is 0 Å². The SMILES string of the molecule is CC1=[N+](Cc2ccc3ccccc3c2)c2ccccc2C1(C)C.[Br-]. The van der Waals surface area contributed by atoms with Crippen molar-refractivity contribution >= 4 is 22.2 Å². The summed E-state index contributed by atoms with van der Waals surface area (Å²) in [5.74, 6) is 0. The first-order valence-electron chi connectivity index (χ1n) is 8.26. The number of benzene rings is 3. The molecule has 3 aromatic carbocycles. The van der Waals surface area contributed by atoms with Crippen LogP contribution in [-0.2, 0) is 12.0 Å². The van der Waals surface area contributed by atoms with E-state index in [2.05, 4.69) is 92.1 Å². The monoisotopic (exact) mass is 379 g/mol. The van der Waals surface area contributed by atoms with Crippen LogP contribution in [-0.4, -0.2) is 10.3 Å². The molecule has 1 aliphatic heterocycles. The lowest BCUT2D eigenvalue weighted by molar-refractivity contribution is -0.456. The number of halogens is 1. The van der Waals surface area contributed by atoms with Crippen LogP contribution in [0.2, 0.25) is 0 Å². The summed E-state index contributed by atoms with van der Waals surface area (Å²) < 4.78 is 2.47. The highest BCUT2D eigenvalue weighted by molar-refractivity contribution is 5.93. The molecule has 2 heteroatoms. The van der Waals surface area contributed by atoms with Gasteiger partial charge in [0.1, 0.15) is 0 Å². The van der Waals surface area contributed by atoms with Gasteiger partial charge in [-0.1, -0.05) is 54.6 Å². The summed E-state index contributed by atoms with van der Waals surface area (Å²) in [6.07, 6.45) is 0. The fourth-order valence-corrected chi connectivity index (χ4v) is 3.67. The molecule has 1 heterocycles. The van der Waals surface area contributed by atoms with E-state index in [9.17, 15) is 0 Å². The zero-order valence-corrected chi connectivity index (χ0v) is 16.0. The first-order chi connectivity index (χ1) is 11.1. The second-order valence-corrected chi connectivity index (χ2v) is 7.00. The molecule has 0 aromatic heterocycles. The van der Waals surface area contributed by atoms with Gasteiger partial charge >= 0.3 is 0 Å². The Hall–Kier alpha value is -1.93. The smallest absolute Gasteiger partial charge is 0.209 e. The molecule has 0 bridgehead atoms. The molecule has 24 heavy (non-hydrogen) atoms. The van der Waals surface area contributed by atoms with Gasteiger partial charge < -0.3 is 17.0 Å². The van der Waals surface area contributed by atoms with Crippen molar-refractivity contribution in [2.24, 2.45) is 0 Å². The van der Waals surface area contributed by atoms with E-state index in [0.29, 0.717) is 0 Å². The molecule has 0 radical (unpaired) electrons. The molecule has 0 aliphatic carbocycles. The lowest BCUT2D eigenvalue weighted by Gasteiger charge is -2.14. The van der Waals surface area contributed by atoms with Gasteiger partial charge in [0, 0.05) is 24.1 Å². The van der Waals surface area contributed by atoms with Gasteiger partial charge in [0.2, 0.25) is 5.69 Å². The van der Waals surface area contributed by atoms with Crippen molar-refractivity contribution in [3.8, 4) is 0 Å². The predicted molar refractivity (Wildman–Crippen MR) is 97.7 cm³/mol. The summed E-state index contributed by atoms with van der Waals surface area (Å²) >= 11 is 0. The summed E-state index contributed by atoms with van der Waals surface area (Å²) in [6.45, 7) is 7.83. The minimum atomic E-state index is 0. The van der Waals surface area contributed by atoms with E-state index in [1.807, 2.05) is 0 Å². The van der Waals surface area contributed by atoms with Crippen LogP contribution in [0.1, 0.15) is 31.9 Å². The fraction of sp³-hybridized carbons (Fsp3) is 0.227. The summed E-state index contributed by atoms with van der Waals surface area (Å²) in [5, 5.41) is 2.62. The molecule has 0 amide bonds. The number of para-hydroxylation sites is 1. The lowest BCUT2D eigenvalue weighted by Crippen LogP contribution is -3.00. The molecule has 4 rings (SSSR count). The lowest BCUT2D eigenvalue weighted by atomic mass is 9.82. The average Bonchev–Trinajstić information content (AvgIpc) is 2.76. The quantitative estimate of drug-likeness (QED) is 0.601. The number of fused-ring (bicyclic) bond motifs is 2. The van der Waals surface area contributed by atoms with Crippen LogP contribution in [0.3, 0.4) is 0 Å². The van der Waals surface area contributed by atoms with Crippen molar-refractivity contribution in [1.29, 1.82) is 0 Å². The molecule has 1 aliphatic rings. The van der Waals surface area contributed by atoms with Crippen LogP contribution < -0.4 is 17.0 Å². The summed E-state index contributed by atoms with van der Waals surface area (Å²) in [5.41, 5.74) is 5.66. The molecule has 3 aromatic rings. The van der Waals surface area contributed by atoms with Crippen molar-refractivity contribution in [1.82, 2.24) is 0 Å². The van der Waals surface area contributed by atoms with Crippen molar-refractivity contribution in [2.75, 3.05) is 0 Å². The van der Waals surface area contributed by atoms with E-state index < -0.39 is 0 Å². The van der Waals surface area contributed by atoms with Crippen LogP contribution in [0.5, 0.6) is 0 Å². The Balaban J connectivity index is 0.00000169. The van der Waals surface area contributed by atoms with Crippen LogP contribution in [0, 0.1) is 0 Å². The Morgan fingerprint density at radius 3 is 2.29 bits per heavy atom. The van der Waals surface area contributed by atoms with E-state index in [0.717, 1.165) is 6.54 Å². The Kier molecular flexibility index (Phi) is 4.35. The maximum absolute atomic E-state index is 2.47. The highest BCUT2D eigenvalue weighted by Crippen LogP contribution is 2.39. The third-order valence-corrected chi connectivity index (χ3v) is 5.33. The number of rotatable bonds is 2. The van der Waals surface area contributed by atoms with Gasteiger partial charge in [0.15, 0.2) is 12.3 Å². The van der Waals surface area contributed by atoms with E-state index >= 15 is 0 Å². The Morgan fingerprint density at radius 2 is 1.50 bits per heavy atom. The molecule has 0 unspecified atom stereocenters. The number of hydrogen-bond acceptors (Lipinski definition) is 0. The van der Waals surface area contributed by atoms with Crippen LogP contribution in [0.4, 0.5) is 5.69 Å². The minimum Gasteiger partial charge on any atom is -1.00 e. The molecule has 0 atom stereocenters. The van der Waals surface area contributed by atoms with E-state index in [1.54, 1.807) is 0 Å². The average molecular weight is 380 g/mol. The Morgan fingerprint density at radius 1 is 0.833 bits per heavy atom. The molecule has 0 saturated carbocycles. The summed E-state index contributed by atoms with van der Waals surface area (Å²) in [6, 6.07) is 24.2. The molecule has 0 fully saturated rings. The molecule has 0 N–H and O–H groups in total. The van der Waals surface area contributed by atoms with Gasteiger partial charge in [-0.2, -0.15) is 4.58 Å². The van der Waals surface area contributed by atoms with Gasteiger partial charge in [0.05, 0.1) is 5.41 Å². The maximum Gasteiger partial charge on any atom is 0.209 e. The third-order valence-electron chi connectivity index (χ3n) is 5.33. The summed E-state index contributed by atoms with van der Waals surface area (Å²) in [4.78, 5) is 0. The highest BCUT2D eigenvalue weighted by atomic mass is 79.9. The Bertz CT molecular complexity index is 937. The zero-order valence-electron chi connectivity index (χ0n) is 14.4. The molecule has 0 spiro atoms. The zero-order chi connectivity index (χ0) is 16.0. The molecule has 122 valence electrons. The van der Waals surface area contributed by atoms with Crippen molar-refractivity contribution in [2.45, 2.75) is 32.7 Å². The third kappa shape index (κ3) is 2.59. The highest BCUT2D eigenvalue weighted by Gasteiger charge is 2.42. The Labute approximate surface area is 154 Å². The molecular formula is C22H22BrN. The van der Waals surface area contributed by atoms with Gasteiger partial charge in [-0.15, -0.1) is 0 Å². The van der Waals surface area contributed by atoms with Crippen LogP contribution in [0.25, 0.3) is 10.8 Å². The first-order valence-corrected chi connectivity index (χ1v) is 8.26. The number of nitrogens with zero attached hydrogens (tertiary/aromatic N) is 1. The van der Waals surface area contributed by atoms with Crippen LogP contribution in [0.15, 0.2) is 66.7 Å². The van der Waals surface area contributed by atoms with E-state index in [1.165, 1.54) is 33.3 Å². The van der Waals surface area contributed by atoms with Crippen molar-refractivity contribution in [3.05, 3.63) is 77.9 Å². The van der Waals surface area contributed by atoms with E-state index in [4.69, 9.17) is 0 Å². The largest absolute Gasteiger partial charge is 1.00 e. The number of hydrogen-bond donors (Lipinski definition) is 0. The molecular weight excluding hydrogens is 358 g/mol. The first kappa shape index (κ1) is 16.9. The maximum atomic E-state index is 2.47. The standard InChI is InChI=1S/C22H22N.BrH/c1-16-22(2,3)20-10-6-7-11-21(20)23(16)15-17-12-13-18-8-4-5-9-19(18)14-17;/h4-14H,15H2,1-3H3;1H/q+1;/p-1. The fourth-order valence-electron chi connectivity index (χ4n) is 3.67. The molecule has 0 saturated heterocycles.